The summed E-state index contributed by atoms with van der Waals surface area (Å²) in [5.74, 6) is 0. The van der Waals surface area contributed by atoms with E-state index >= 15 is 0 Å². The molecule has 0 saturated carbocycles. The van der Waals surface area contributed by atoms with Crippen molar-refractivity contribution in [1.29, 1.82) is 0 Å². The second-order valence-electron chi connectivity index (χ2n) is 6.27. The van der Waals surface area contributed by atoms with E-state index in [0.717, 1.165) is 43.4 Å². The van der Waals surface area contributed by atoms with Gasteiger partial charge in [-0.15, -0.1) is 0 Å². The number of benzene rings is 4. The molecule has 27 heavy (non-hydrogen) atoms. The predicted octanol–water partition coefficient (Wildman–Crippen LogP) is 6.34. The molecule has 2 nitrogen and oxygen atoms in total. The number of anilines is 2. The first kappa shape index (κ1) is 17.3. The van der Waals surface area contributed by atoms with Crippen molar-refractivity contribution in [2.24, 2.45) is 0 Å². The van der Waals surface area contributed by atoms with Crippen LogP contribution in [0.25, 0.3) is 22.3 Å². The molecule has 0 radical (unpaired) electrons. The largest absolute Gasteiger partial charge is 0.398 e. The zero-order valence-corrected chi connectivity index (χ0v) is 15.6. The van der Waals surface area contributed by atoms with Crippen LogP contribution in [-0.4, -0.2) is 0 Å². The first-order chi connectivity index (χ1) is 13.2. The molecule has 4 rings (SSSR count). The lowest BCUT2D eigenvalue weighted by Crippen LogP contribution is -1.92. The third-order valence-corrected chi connectivity index (χ3v) is 5.65. The number of para-hydroxylation sites is 2. The zero-order chi connectivity index (χ0) is 18.6. The van der Waals surface area contributed by atoms with Crippen LogP contribution in [0.4, 0.5) is 11.4 Å². The van der Waals surface area contributed by atoms with Gasteiger partial charge in [-0.1, -0.05) is 84.6 Å². The summed E-state index contributed by atoms with van der Waals surface area (Å²) in [5.41, 5.74) is 18.4. The van der Waals surface area contributed by atoms with Gasteiger partial charge in [0.15, 0.2) is 0 Å². The van der Waals surface area contributed by atoms with Gasteiger partial charge in [0, 0.05) is 32.3 Å². The molecule has 0 fully saturated rings. The molecule has 4 N–H and O–H groups in total. The minimum absolute atomic E-state index is 0.783. The van der Waals surface area contributed by atoms with Gasteiger partial charge < -0.3 is 11.5 Å². The molecule has 0 heterocycles. The Morgan fingerprint density at radius 3 is 1.15 bits per heavy atom. The predicted molar refractivity (Wildman–Crippen MR) is 117 cm³/mol. The van der Waals surface area contributed by atoms with Crippen molar-refractivity contribution >= 4 is 23.1 Å². The fraction of sp³-hybridized carbons (Fsp3) is 0. The summed E-state index contributed by atoms with van der Waals surface area (Å²) in [6.07, 6.45) is 0. The standard InChI is InChI=1S/C24H20N2S/c25-21-13-5-1-9-17(21)19-11-3-7-15-23(19)27-24-16-8-4-12-20(24)18-10-2-6-14-22(18)26/h1-16H,25-26H2. The summed E-state index contributed by atoms with van der Waals surface area (Å²) < 4.78 is 0. The third kappa shape index (κ3) is 3.55. The summed E-state index contributed by atoms with van der Waals surface area (Å²) in [5, 5.41) is 0. The Balaban J connectivity index is 1.80. The van der Waals surface area contributed by atoms with E-state index in [-0.39, 0.29) is 0 Å². The van der Waals surface area contributed by atoms with E-state index < -0.39 is 0 Å². The van der Waals surface area contributed by atoms with E-state index in [2.05, 4.69) is 48.5 Å². The Kier molecular flexibility index (Phi) is 4.86. The van der Waals surface area contributed by atoms with E-state index in [1.807, 2.05) is 48.5 Å². The second-order valence-corrected chi connectivity index (χ2v) is 7.35. The molecular formula is C24H20N2S. The van der Waals surface area contributed by atoms with E-state index in [9.17, 15) is 0 Å². The quantitative estimate of drug-likeness (QED) is 0.413. The van der Waals surface area contributed by atoms with Crippen molar-refractivity contribution in [2.45, 2.75) is 9.79 Å². The molecule has 0 spiro atoms. The monoisotopic (exact) mass is 368 g/mol. The maximum atomic E-state index is 6.23. The van der Waals surface area contributed by atoms with Crippen molar-refractivity contribution < 1.29 is 0 Å². The van der Waals surface area contributed by atoms with Crippen molar-refractivity contribution in [3.05, 3.63) is 97.1 Å². The second kappa shape index (κ2) is 7.60. The van der Waals surface area contributed by atoms with Crippen LogP contribution in [0.5, 0.6) is 0 Å². The molecule has 0 aromatic heterocycles. The molecule has 4 aromatic carbocycles. The third-order valence-electron chi connectivity index (χ3n) is 4.50. The van der Waals surface area contributed by atoms with E-state index in [1.165, 1.54) is 0 Å². The van der Waals surface area contributed by atoms with E-state index in [0.29, 0.717) is 0 Å². The Morgan fingerprint density at radius 1 is 0.407 bits per heavy atom. The van der Waals surface area contributed by atoms with Crippen molar-refractivity contribution in [1.82, 2.24) is 0 Å². The first-order valence-corrected chi connectivity index (χ1v) is 9.61. The summed E-state index contributed by atoms with van der Waals surface area (Å²) in [6, 6.07) is 32.7. The van der Waals surface area contributed by atoms with Crippen molar-refractivity contribution in [3.63, 3.8) is 0 Å². The molecule has 4 aromatic rings. The fourth-order valence-corrected chi connectivity index (χ4v) is 4.27. The molecule has 0 aliphatic carbocycles. The van der Waals surface area contributed by atoms with Crippen molar-refractivity contribution in [2.75, 3.05) is 11.5 Å². The highest BCUT2D eigenvalue weighted by Crippen LogP contribution is 2.42. The van der Waals surface area contributed by atoms with Crippen LogP contribution >= 0.6 is 11.8 Å². The molecule has 0 saturated heterocycles. The highest BCUT2D eigenvalue weighted by atomic mass is 32.2. The molecule has 0 aliphatic heterocycles. The molecule has 0 atom stereocenters. The Labute approximate surface area is 163 Å². The highest BCUT2D eigenvalue weighted by Gasteiger charge is 2.12. The van der Waals surface area contributed by atoms with E-state index in [4.69, 9.17) is 11.5 Å². The Hall–Kier alpha value is -3.17. The highest BCUT2D eigenvalue weighted by molar-refractivity contribution is 7.99. The van der Waals surface area contributed by atoms with Crippen LogP contribution < -0.4 is 11.5 Å². The summed E-state index contributed by atoms with van der Waals surface area (Å²) in [6.45, 7) is 0. The van der Waals surface area contributed by atoms with Gasteiger partial charge in [0.1, 0.15) is 0 Å². The molecule has 3 heteroatoms. The number of rotatable bonds is 4. The van der Waals surface area contributed by atoms with Crippen LogP contribution in [0.1, 0.15) is 0 Å². The minimum atomic E-state index is 0.783. The Bertz CT molecular complexity index is 1000. The van der Waals surface area contributed by atoms with Gasteiger partial charge in [-0.05, 0) is 35.4 Å². The molecule has 0 amide bonds. The average Bonchev–Trinajstić information content (AvgIpc) is 2.70. The molecule has 0 aliphatic rings. The smallest absolute Gasteiger partial charge is 0.0394 e. The molecular weight excluding hydrogens is 348 g/mol. The van der Waals surface area contributed by atoms with Crippen molar-refractivity contribution in [3.8, 4) is 22.3 Å². The normalized spacial score (nSPS) is 10.7. The molecule has 0 bridgehead atoms. The van der Waals surface area contributed by atoms with Gasteiger partial charge in [0.05, 0.1) is 0 Å². The summed E-state index contributed by atoms with van der Waals surface area (Å²) in [7, 11) is 0. The lowest BCUT2D eigenvalue weighted by molar-refractivity contribution is 1.40. The van der Waals surface area contributed by atoms with Crippen LogP contribution in [0.3, 0.4) is 0 Å². The number of nitrogens with two attached hydrogens (primary N) is 2. The zero-order valence-electron chi connectivity index (χ0n) is 14.8. The van der Waals surface area contributed by atoms with E-state index in [1.54, 1.807) is 11.8 Å². The van der Waals surface area contributed by atoms with Crippen LogP contribution in [0, 0.1) is 0 Å². The molecule has 0 unspecified atom stereocenters. The maximum Gasteiger partial charge on any atom is 0.0394 e. The molecule has 132 valence electrons. The topological polar surface area (TPSA) is 52.0 Å². The fourth-order valence-electron chi connectivity index (χ4n) is 3.16. The average molecular weight is 369 g/mol. The summed E-state index contributed by atoms with van der Waals surface area (Å²) in [4.78, 5) is 2.33. The minimum Gasteiger partial charge on any atom is -0.398 e. The van der Waals surface area contributed by atoms with Crippen LogP contribution in [-0.2, 0) is 0 Å². The van der Waals surface area contributed by atoms with Gasteiger partial charge in [0.25, 0.3) is 0 Å². The van der Waals surface area contributed by atoms with Gasteiger partial charge in [-0.3, -0.25) is 0 Å². The lowest BCUT2D eigenvalue weighted by atomic mass is 10.0. The Morgan fingerprint density at radius 2 is 0.741 bits per heavy atom. The number of hydrogen-bond acceptors (Lipinski definition) is 3. The van der Waals surface area contributed by atoms with Crippen LogP contribution in [0.15, 0.2) is 107 Å². The van der Waals surface area contributed by atoms with Gasteiger partial charge in [0.2, 0.25) is 0 Å². The lowest BCUT2D eigenvalue weighted by Gasteiger charge is -2.14. The van der Waals surface area contributed by atoms with Crippen LogP contribution in [0.2, 0.25) is 0 Å². The SMILES string of the molecule is Nc1ccccc1-c1ccccc1Sc1ccccc1-c1ccccc1N. The maximum absolute atomic E-state index is 6.23. The van der Waals surface area contributed by atoms with Gasteiger partial charge in [-0.25, -0.2) is 0 Å². The summed E-state index contributed by atoms with van der Waals surface area (Å²) >= 11 is 1.74. The first-order valence-electron chi connectivity index (χ1n) is 8.79. The number of nitrogen functional groups attached to an aromatic ring is 2. The number of hydrogen-bond donors (Lipinski definition) is 2. The van der Waals surface area contributed by atoms with Gasteiger partial charge >= 0.3 is 0 Å². The van der Waals surface area contributed by atoms with Gasteiger partial charge in [-0.2, -0.15) is 0 Å².